The maximum absolute atomic E-state index is 12.5. The van der Waals surface area contributed by atoms with Crippen LogP contribution in [-0.4, -0.2) is 23.2 Å². The van der Waals surface area contributed by atoms with Gasteiger partial charge < -0.3 is 14.4 Å². The Balaban J connectivity index is 3.18. The fraction of sp³-hybridized carbons (Fsp3) is 0.400. The molecule has 0 saturated heterocycles. The van der Waals surface area contributed by atoms with Crippen LogP contribution in [0.3, 0.4) is 0 Å². The summed E-state index contributed by atoms with van der Waals surface area (Å²) in [4.78, 5) is 26.2. The average molecular weight is 320 g/mol. The molecule has 0 aromatic heterocycles. The van der Waals surface area contributed by atoms with E-state index in [2.05, 4.69) is 0 Å². The second-order valence-corrected chi connectivity index (χ2v) is 6.24. The molecule has 1 aromatic carbocycles. The van der Waals surface area contributed by atoms with Crippen molar-refractivity contribution in [3.8, 4) is 0 Å². The highest BCUT2D eigenvalue weighted by Gasteiger charge is 2.37. The summed E-state index contributed by atoms with van der Waals surface area (Å²) in [6.07, 6.45) is -10.4. The van der Waals surface area contributed by atoms with Gasteiger partial charge in [-0.3, -0.25) is 0 Å². The van der Waals surface area contributed by atoms with Gasteiger partial charge >= 0.3 is 21.2 Å². The van der Waals surface area contributed by atoms with E-state index in [1.54, 1.807) is 0 Å². The van der Waals surface area contributed by atoms with E-state index < -0.39 is 44.7 Å². The lowest BCUT2D eigenvalue weighted by molar-refractivity contribution is -0.143. The molecule has 0 spiro atoms. The summed E-state index contributed by atoms with van der Waals surface area (Å²) < 4.78 is 75.0. The van der Waals surface area contributed by atoms with Crippen molar-refractivity contribution in [2.75, 3.05) is 0 Å². The number of benzene rings is 1. The lowest BCUT2D eigenvalue weighted by Crippen LogP contribution is -2.34. The zero-order valence-electron chi connectivity index (χ0n) is 9.76. The van der Waals surface area contributed by atoms with Crippen LogP contribution in [0, 0.1) is 0 Å². The lowest BCUT2D eigenvalue weighted by atomic mass is 10.0. The molecule has 0 atom stereocenters. The molecule has 0 radical (unpaired) electrons. The van der Waals surface area contributed by atoms with E-state index in [-0.39, 0.29) is 11.6 Å². The predicted octanol–water partition coefficient (Wildman–Crippen LogP) is 2.18. The standard InChI is InChI=1S/C10H10F6O3Si/c11-9(12,13)7-3-6(1-2-20(17,18)19)4-8(5-7)10(14,15)16/h3-5,17-19H,1-2H2. The third-order valence-corrected chi connectivity index (χ3v) is 3.32. The molecule has 1 rings (SSSR count). The number of alkyl halides is 6. The van der Waals surface area contributed by atoms with Gasteiger partial charge in [-0.25, -0.2) is 0 Å². The van der Waals surface area contributed by atoms with Crippen molar-refractivity contribution in [1.29, 1.82) is 0 Å². The maximum atomic E-state index is 12.5. The molecule has 0 bridgehead atoms. The van der Waals surface area contributed by atoms with Crippen molar-refractivity contribution >= 4 is 8.80 Å². The molecule has 0 fully saturated rings. The van der Waals surface area contributed by atoms with E-state index in [9.17, 15) is 26.3 Å². The van der Waals surface area contributed by atoms with E-state index in [0.717, 1.165) is 0 Å². The first-order chi connectivity index (χ1) is 8.79. The minimum Gasteiger partial charge on any atom is -0.390 e. The second kappa shape index (κ2) is 5.35. The zero-order chi connectivity index (χ0) is 15.8. The minimum atomic E-state index is -4.96. The first kappa shape index (κ1) is 16.9. The van der Waals surface area contributed by atoms with Gasteiger partial charge in [0.05, 0.1) is 11.1 Å². The number of halogens is 6. The van der Waals surface area contributed by atoms with E-state index in [0.29, 0.717) is 12.1 Å². The van der Waals surface area contributed by atoms with Crippen molar-refractivity contribution in [1.82, 2.24) is 0 Å². The summed E-state index contributed by atoms with van der Waals surface area (Å²) in [6.45, 7) is 0. The Hall–Kier alpha value is -1.10. The van der Waals surface area contributed by atoms with Gasteiger partial charge in [0.25, 0.3) is 0 Å². The topological polar surface area (TPSA) is 60.7 Å². The Kier molecular flexibility index (Phi) is 4.54. The summed E-state index contributed by atoms with van der Waals surface area (Å²) >= 11 is 0. The van der Waals surface area contributed by atoms with Crippen molar-refractivity contribution in [2.45, 2.75) is 24.8 Å². The summed E-state index contributed by atoms with van der Waals surface area (Å²) in [5.41, 5.74) is -3.35. The molecule has 3 nitrogen and oxygen atoms in total. The molecule has 10 heteroatoms. The Morgan fingerprint density at radius 2 is 1.20 bits per heavy atom. The fourth-order valence-electron chi connectivity index (χ4n) is 1.48. The van der Waals surface area contributed by atoms with E-state index >= 15 is 0 Å². The normalized spacial score (nSPS) is 13.7. The summed E-state index contributed by atoms with van der Waals surface area (Å²) in [7, 11) is -4.53. The highest BCUT2D eigenvalue weighted by molar-refractivity contribution is 6.56. The smallest absolute Gasteiger partial charge is 0.390 e. The van der Waals surface area contributed by atoms with Gasteiger partial charge in [-0.2, -0.15) is 26.3 Å². The largest absolute Gasteiger partial charge is 0.493 e. The number of rotatable bonds is 3. The molecule has 0 aliphatic rings. The van der Waals surface area contributed by atoms with Crippen molar-refractivity contribution in [3.05, 3.63) is 34.9 Å². The van der Waals surface area contributed by atoms with Gasteiger partial charge in [-0.1, -0.05) is 0 Å². The molecule has 0 amide bonds. The third-order valence-electron chi connectivity index (χ3n) is 2.40. The Labute approximate surface area is 110 Å². The number of hydrogen-bond acceptors (Lipinski definition) is 3. The number of hydrogen-bond donors (Lipinski definition) is 3. The molecule has 20 heavy (non-hydrogen) atoms. The van der Waals surface area contributed by atoms with E-state index in [4.69, 9.17) is 14.4 Å². The van der Waals surface area contributed by atoms with Crippen LogP contribution in [0.25, 0.3) is 0 Å². The molecular weight excluding hydrogens is 310 g/mol. The van der Waals surface area contributed by atoms with Gasteiger partial charge in [-0.15, -0.1) is 0 Å². The second-order valence-electron chi connectivity index (χ2n) is 4.19. The van der Waals surface area contributed by atoms with Gasteiger partial charge in [0.1, 0.15) is 0 Å². The SMILES string of the molecule is O[Si](O)(O)CCc1cc(C(F)(F)F)cc(C(F)(F)F)c1. The zero-order valence-corrected chi connectivity index (χ0v) is 10.8. The van der Waals surface area contributed by atoms with Crippen LogP contribution in [0.5, 0.6) is 0 Å². The van der Waals surface area contributed by atoms with Crippen LogP contribution in [0.15, 0.2) is 18.2 Å². The van der Waals surface area contributed by atoms with Crippen LogP contribution in [-0.2, 0) is 18.8 Å². The van der Waals surface area contributed by atoms with Crippen LogP contribution in [0.4, 0.5) is 26.3 Å². The summed E-state index contributed by atoms with van der Waals surface area (Å²) in [6, 6.07) is 0.251. The number of aryl methyl sites for hydroxylation is 1. The Morgan fingerprint density at radius 1 is 0.800 bits per heavy atom. The third kappa shape index (κ3) is 5.11. The molecule has 0 aliphatic heterocycles. The van der Waals surface area contributed by atoms with Crippen LogP contribution >= 0.6 is 0 Å². The first-order valence-electron chi connectivity index (χ1n) is 5.24. The van der Waals surface area contributed by atoms with Crippen LogP contribution in [0.1, 0.15) is 16.7 Å². The van der Waals surface area contributed by atoms with Crippen molar-refractivity contribution < 1.29 is 40.7 Å². The lowest BCUT2D eigenvalue weighted by Gasteiger charge is -2.15. The fourth-order valence-corrected chi connectivity index (χ4v) is 2.10. The molecule has 0 heterocycles. The molecule has 114 valence electrons. The molecule has 3 N–H and O–H groups in total. The average Bonchev–Trinajstić information content (AvgIpc) is 2.22. The van der Waals surface area contributed by atoms with Gasteiger partial charge in [-0.05, 0) is 30.2 Å². The quantitative estimate of drug-likeness (QED) is 0.591. The molecule has 1 aromatic rings. The highest BCUT2D eigenvalue weighted by Crippen LogP contribution is 2.36. The monoisotopic (exact) mass is 320 g/mol. The molecule has 0 aliphatic carbocycles. The predicted molar refractivity (Wildman–Crippen MR) is 57.4 cm³/mol. The van der Waals surface area contributed by atoms with Crippen molar-refractivity contribution in [2.24, 2.45) is 0 Å². The summed E-state index contributed by atoms with van der Waals surface area (Å²) in [5.74, 6) is 0. The van der Waals surface area contributed by atoms with Gasteiger partial charge in [0, 0.05) is 6.04 Å². The van der Waals surface area contributed by atoms with Crippen LogP contribution < -0.4 is 0 Å². The molecule has 0 unspecified atom stereocenters. The highest BCUT2D eigenvalue weighted by atomic mass is 28.4. The van der Waals surface area contributed by atoms with Gasteiger partial charge in [0.15, 0.2) is 0 Å². The maximum Gasteiger partial charge on any atom is 0.493 e. The Morgan fingerprint density at radius 3 is 1.50 bits per heavy atom. The van der Waals surface area contributed by atoms with Gasteiger partial charge in [0.2, 0.25) is 0 Å². The van der Waals surface area contributed by atoms with Crippen LogP contribution in [0.2, 0.25) is 6.04 Å². The van der Waals surface area contributed by atoms with E-state index in [1.165, 1.54) is 0 Å². The summed E-state index contributed by atoms with van der Waals surface area (Å²) in [5, 5.41) is 0. The Bertz CT molecular complexity index is 445. The first-order valence-corrected chi connectivity index (χ1v) is 7.29. The minimum absolute atomic E-state index is 0.0228. The van der Waals surface area contributed by atoms with E-state index in [1.807, 2.05) is 0 Å². The molecular formula is C10H10F6O3Si. The molecule has 0 saturated carbocycles. The van der Waals surface area contributed by atoms with Crippen molar-refractivity contribution in [3.63, 3.8) is 0 Å².